The third kappa shape index (κ3) is 2.52. The molecule has 0 aliphatic carbocycles. The number of alkyl halides is 1. The van der Waals surface area contributed by atoms with E-state index in [1.54, 1.807) is 0 Å². The molecule has 3 rings (SSSR count). The summed E-state index contributed by atoms with van der Waals surface area (Å²) in [5, 5.41) is 0.823. The van der Waals surface area contributed by atoms with E-state index in [0.29, 0.717) is 6.04 Å². The first kappa shape index (κ1) is 12.4. The molecule has 0 bridgehead atoms. The van der Waals surface area contributed by atoms with Crippen LogP contribution < -0.4 is 4.90 Å². The number of halogens is 1. The average Bonchev–Trinajstić information content (AvgIpc) is 2.76. The molecule has 0 radical (unpaired) electrons. The topological polar surface area (TPSA) is 32.3 Å². The minimum atomic E-state index is 0.715. The fourth-order valence-corrected chi connectivity index (χ4v) is 3.26. The summed E-state index contributed by atoms with van der Waals surface area (Å²) in [5.74, 6) is 0.897. The Morgan fingerprint density at radius 2 is 1.94 bits per heavy atom. The van der Waals surface area contributed by atoms with Crippen molar-refractivity contribution in [3.05, 3.63) is 18.0 Å². The molecule has 1 aromatic rings. The fraction of sp³-hybridized carbons (Fsp3) is 0.692. The second-order valence-electron chi connectivity index (χ2n) is 5.16. The van der Waals surface area contributed by atoms with E-state index in [0.717, 1.165) is 29.9 Å². The largest absolute Gasteiger partial charge is 0.339 e. The van der Waals surface area contributed by atoms with Gasteiger partial charge in [0.2, 0.25) is 5.95 Å². The van der Waals surface area contributed by atoms with Crippen molar-refractivity contribution < 1.29 is 0 Å². The average molecular weight is 311 g/mol. The summed E-state index contributed by atoms with van der Waals surface area (Å²) in [6.45, 7) is 4.69. The van der Waals surface area contributed by atoms with Crippen molar-refractivity contribution in [3.63, 3.8) is 0 Å². The maximum Gasteiger partial charge on any atom is 0.225 e. The SMILES string of the molecule is BrCc1cnc(N2CCCN3CCCC3C2)nc1. The van der Waals surface area contributed by atoms with E-state index >= 15 is 0 Å². The molecule has 18 heavy (non-hydrogen) atoms. The van der Waals surface area contributed by atoms with E-state index in [1.165, 1.54) is 32.4 Å². The van der Waals surface area contributed by atoms with Gasteiger partial charge in [-0.2, -0.15) is 0 Å². The van der Waals surface area contributed by atoms with Crippen molar-refractivity contribution >= 4 is 21.9 Å². The third-order valence-corrected chi connectivity index (χ3v) is 4.58. The molecule has 0 amide bonds. The quantitative estimate of drug-likeness (QED) is 0.783. The van der Waals surface area contributed by atoms with Crippen LogP contribution >= 0.6 is 15.9 Å². The molecule has 0 N–H and O–H groups in total. The van der Waals surface area contributed by atoms with E-state index in [4.69, 9.17) is 0 Å². The summed E-state index contributed by atoms with van der Waals surface area (Å²) < 4.78 is 0. The van der Waals surface area contributed by atoms with E-state index in [-0.39, 0.29) is 0 Å². The molecular formula is C13H19BrN4. The molecule has 2 aliphatic rings. The van der Waals surface area contributed by atoms with Crippen LogP contribution in [0.5, 0.6) is 0 Å². The predicted octanol–water partition coefficient (Wildman–Crippen LogP) is 2.05. The van der Waals surface area contributed by atoms with Crippen LogP contribution in [0.3, 0.4) is 0 Å². The Bertz CT molecular complexity index is 394. The smallest absolute Gasteiger partial charge is 0.225 e. The maximum atomic E-state index is 4.50. The normalized spacial score (nSPS) is 24.9. The van der Waals surface area contributed by atoms with Gasteiger partial charge in [-0.05, 0) is 31.4 Å². The number of hydrogen-bond acceptors (Lipinski definition) is 4. The molecule has 98 valence electrons. The maximum absolute atomic E-state index is 4.50. The van der Waals surface area contributed by atoms with Gasteiger partial charge in [0, 0.05) is 43.4 Å². The van der Waals surface area contributed by atoms with Crippen LogP contribution in [-0.4, -0.2) is 47.1 Å². The van der Waals surface area contributed by atoms with Gasteiger partial charge in [-0.1, -0.05) is 15.9 Å². The van der Waals surface area contributed by atoms with Gasteiger partial charge in [-0.25, -0.2) is 9.97 Å². The summed E-state index contributed by atoms with van der Waals surface area (Å²) >= 11 is 3.43. The van der Waals surface area contributed by atoms with Crippen molar-refractivity contribution in [3.8, 4) is 0 Å². The molecular weight excluding hydrogens is 292 g/mol. The highest BCUT2D eigenvalue weighted by Gasteiger charge is 2.29. The molecule has 4 nitrogen and oxygen atoms in total. The highest BCUT2D eigenvalue weighted by Crippen LogP contribution is 2.23. The molecule has 0 spiro atoms. The van der Waals surface area contributed by atoms with Crippen LogP contribution in [0.4, 0.5) is 5.95 Å². The Morgan fingerprint density at radius 1 is 1.17 bits per heavy atom. The number of rotatable bonds is 2. The van der Waals surface area contributed by atoms with Gasteiger partial charge in [0.1, 0.15) is 0 Å². The summed E-state index contributed by atoms with van der Waals surface area (Å²) in [5.41, 5.74) is 1.14. The van der Waals surface area contributed by atoms with E-state index in [2.05, 4.69) is 35.7 Å². The molecule has 2 aliphatic heterocycles. The van der Waals surface area contributed by atoms with Gasteiger partial charge in [-0.3, -0.25) is 4.90 Å². The number of aromatic nitrogens is 2. The first-order valence-corrected chi connectivity index (χ1v) is 7.85. The molecule has 2 fully saturated rings. The van der Waals surface area contributed by atoms with E-state index in [9.17, 15) is 0 Å². The predicted molar refractivity (Wildman–Crippen MR) is 76.1 cm³/mol. The second kappa shape index (κ2) is 5.53. The second-order valence-corrected chi connectivity index (χ2v) is 5.72. The number of anilines is 1. The molecule has 1 unspecified atom stereocenters. The Hall–Kier alpha value is -0.680. The van der Waals surface area contributed by atoms with Crippen LogP contribution in [0, 0.1) is 0 Å². The standard InChI is InChI=1S/C13H19BrN4/c14-7-11-8-15-13(16-9-11)18-6-2-5-17-4-1-3-12(17)10-18/h8-9,12H,1-7,10H2. The lowest BCUT2D eigenvalue weighted by Gasteiger charge is -2.25. The zero-order valence-electron chi connectivity index (χ0n) is 10.6. The minimum absolute atomic E-state index is 0.715. The van der Waals surface area contributed by atoms with Crippen LogP contribution in [0.25, 0.3) is 0 Å². The zero-order chi connectivity index (χ0) is 12.4. The highest BCUT2D eigenvalue weighted by molar-refractivity contribution is 9.08. The van der Waals surface area contributed by atoms with Gasteiger partial charge in [0.25, 0.3) is 0 Å². The Morgan fingerprint density at radius 3 is 2.72 bits per heavy atom. The molecule has 1 atom stereocenters. The van der Waals surface area contributed by atoms with Crippen LogP contribution in [-0.2, 0) is 5.33 Å². The van der Waals surface area contributed by atoms with E-state index < -0.39 is 0 Å². The summed E-state index contributed by atoms with van der Waals surface area (Å²) in [6.07, 6.45) is 7.75. The van der Waals surface area contributed by atoms with Gasteiger partial charge in [0.15, 0.2) is 0 Å². The molecule has 2 saturated heterocycles. The summed E-state index contributed by atoms with van der Waals surface area (Å²) in [7, 11) is 0. The molecule has 0 aromatic carbocycles. The number of fused-ring (bicyclic) bond motifs is 1. The monoisotopic (exact) mass is 310 g/mol. The van der Waals surface area contributed by atoms with Gasteiger partial charge in [-0.15, -0.1) is 0 Å². The molecule has 3 heterocycles. The Balaban J connectivity index is 1.74. The molecule has 0 saturated carbocycles. The van der Waals surface area contributed by atoms with Crippen molar-refractivity contribution in [2.24, 2.45) is 0 Å². The summed E-state index contributed by atoms with van der Waals surface area (Å²) in [4.78, 5) is 14.0. The van der Waals surface area contributed by atoms with E-state index in [1.807, 2.05) is 12.4 Å². The van der Waals surface area contributed by atoms with Gasteiger partial charge in [0.05, 0.1) is 0 Å². The Kier molecular flexibility index (Phi) is 3.80. The number of hydrogen-bond donors (Lipinski definition) is 0. The lowest BCUT2D eigenvalue weighted by Crippen LogP contribution is -2.37. The zero-order valence-corrected chi connectivity index (χ0v) is 12.1. The highest BCUT2D eigenvalue weighted by atomic mass is 79.9. The van der Waals surface area contributed by atoms with Crippen molar-refractivity contribution in [2.75, 3.05) is 31.1 Å². The van der Waals surface area contributed by atoms with Gasteiger partial charge >= 0.3 is 0 Å². The lowest BCUT2D eigenvalue weighted by molar-refractivity contribution is 0.273. The third-order valence-electron chi connectivity index (χ3n) is 3.93. The number of nitrogens with zero attached hydrogens (tertiary/aromatic N) is 4. The first-order chi connectivity index (χ1) is 8.86. The first-order valence-electron chi connectivity index (χ1n) is 6.72. The minimum Gasteiger partial charge on any atom is -0.339 e. The summed E-state index contributed by atoms with van der Waals surface area (Å²) in [6, 6.07) is 0.715. The van der Waals surface area contributed by atoms with Crippen molar-refractivity contribution in [1.82, 2.24) is 14.9 Å². The Labute approximate surface area is 117 Å². The van der Waals surface area contributed by atoms with Crippen LogP contribution in [0.15, 0.2) is 12.4 Å². The van der Waals surface area contributed by atoms with Crippen LogP contribution in [0.1, 0.15) is 24.8 Å². The molecule has 1 aromatic heterocycles. The lowest BCUT2D eigenvalue weighted by atomic mass is 10.2. The van der Waals surface area contributed by atoms with Crippen molar-refractivity contribution in [2.45, 2.75) is 30.6 Å². The molecule has 5 heteroatoms. The van der Waals surface area contributed by atoms with Crippen molar-refractivity contribution in [1.29, 1.82) is 0 Å². The van der Waals surface area contributed by atoms with Crippen LogP contribution in [0.2, 0.25) is 0 Å². The fourth-order valence-electron chi connectivity index (χ4n) is 2.97. The van der Waals surface area contributed by atoms with Gasteiger partial charge < -0.3 is 4.90 Å².